The molecule has 4 saturated heterocycles. The minimum Gasteiger partial charge on any atom is -0.394 e. The van der Waals surface area contributed by atoms with Crippen LogP contribution < -0.4 is 0 Å². The Balaban J connectivity index is 1.77. The zero-order valence-corrected chi connectivity index (χ0v) is 28.6. The summed E-state index contributed by atoms with van der Waals surface area (Å²) in [5.74, 6) is 0. The van der Waals surface area contributed by atoms with Crippen molar-refractivity contribution in [1.29, 1.82) is 0 Å². The lowest BCUT2D eigenvalue weighted by Crippen LogP contribution is -2.68. The summed E-state index contributed by atoms with van der Waals surface area (Å²) >= 11 is 0. The third-order valence-corrected chi connectivity index (χ3v) is 9.63. The van der Waals surface area contributed by atoms with Crippen molar-refractivity contribution in [3.63, 3.8) is 0 Å². The Labute approximate surface area is 295 Å². The first-order valence-electron chi connectivity index (χ1n) is 16.2. The Kier molecular flexibility index (Phi) is 15.7. The lowest BCUT2D eigenvalue weighted by molar-refractivity contribution is -0.402. The zero-order valence-electron chi connectivity index (χ0n) is 27.7. The van der Waals surface area contributed by atoms with Crippen molar-refractivity contribution in [2.24, 2.45) is 0 Å². The lowest BCUT2D eigenvalue weighted by Gasteiger charge is -2.51. The topological polar surface area (TPSA) is 383 Å². The van der Waals surface area contributed by atoms with E-state index in [9.17, 15) is 75.6 Å². The summed E-state index contributed by atoms with van der Waals surface area (Å²) < 4.78 is 62.0. The zero-order chi connectivity index (χ0) is 38.8. The fourth-order valence-electron chi connectivity index (χ4n) is 6.14. The van der Waals surface area contributed by atoms with Gasteiger partial charge in [0.05, 0.1) is 38.6 Å². The molecular weight excluding hydrogens is 739 g/mol. The van der Waals surface area contributed by atoms with Gasteiger partial charge in [0, 0.05) is 0 Å². The van der Waals surface area contributed by atoms with Crippen molar-refractivity contribution in [1.82, 2.24) is 0 Å². The molecule has 0 spiro atoms. The summed E-state index contributed by atoms with van der Waals surface area (Å²) in [7, 11) is -5.25. The molecule has 0 amide bonds. The van der Waals surface area contributed by atoms with E-state index in [4.69, 9.17) is 37.9 Å². The van der Waals surface area contributed by atoms with Crippen LogP contribution >= 0.6 is 7.82 Å². The van der Waals surface area contributed by atoms with Crippen LogP contribution in [0.3, 0.4) is 0 Å². The smallest absolute Gasteiger partial charge is 0.394 e. The minimum absolute atomic E-state index is 0.872. The first-order chi connectivity index (χ1) is 24.3. The summed E-state index contributed by atoms with van der Waals surface area (Å²) in [5, 5.41) is 124. The van der Waals surface area contributed by atoms with Crippen LogP contribution in [0.25, 0.3) is 0 Å². The maximum absolute atomic E-state index is 11.6. The third kappa shape index (κ3) is 9.99. The molecule has 25 heteroatoms. The van der Waals surface area contributed by atoms with E-state index in [-0.39, 0.29) is 0 Å². The summed E-state index contributed by atoms with van der Waals surface area (Å²) in [4.78, 5) is 18.7. The van der Waals surface area contributed by atoms with Crippen LogP contribution in [0.5, 0.6) is 0 Å². The van der Waals surface area contributed by atoms with Crippen molar-refractivity contribution >= 4 is 7.82 Å². The van der Waals surface area contributed by atoms with Crippen LogP contribution in [0.4, 0.5) is 0 Å². The van der Waals surface area contributed by atoms with E-state index in [0.29, 0.717) is 0 Å². The first-order valence-corrected chi connectivity index (χ1v) is 17.7. The quantitative estimate of drug-likeness (QED) is 0.0727. The van der Waals surface area contributed by atoms with Gasteiger partial charge in [-0.05, 0) is 13.8 Å². The number of aliphatic hydroxyl groups excluding tert-OH is 12. The van der Waals surface area contributed by atoms with Crippen molar-refractivity contribution < 1.29 is 118 Å². The molecule has 0 aromatic carbocycles. The van der Waals surface area contributed by atoms with Crippen molar-refractivity contribution in [2.75, 3.05) is 26.4 Å². The Morgan fingerprint density at radius 2 is 1.10 bits per heavy atom. The van der Waals surface area contributed by atoms with E-state index >= 15 is 0 Å². The molecule has 0 aromatic heterocycles. The molecule has 24 nitrogen and oxygen atoms in total. The van der Waals surface area contributed by atoms with Gasteiger partial charge in [-0.15, -0.1) is 0 Å². The Morgan fingerprint density at radius 3 is 1.67 bits per heavy atom. The second kappa shape index (κ2) is 18.5. The number of hydrogen-bond acceptors (Lipinski definition) is 22. The molecule has 4 fully saturated rings. The third-order valence-electron chi connectivity index (χ3n) is 9.06. The van der Waals surface area contributed by atoms with Crippen LogP contribution in [0.15, 0.2) is 0 Å². The average molecular weight is 789 g/mol. The van der Waals surface area contributed by atoms with Crippen molar-refractivity contribution in [3.05, 3.63) is 0 Å². The van der Waals surface area contributed by atoms with Gasteiger partial charge in [-0.3, -0.25) is 4.52 Å². The van der Waals surface area contributed by atoms with E-state index in [1.54, 1.807) is 0 Å². The van der Waals surface area contributed by atoms with Crippen LogP contribution in [0.1, 0.15) is 13.8 Å². The molecule has 0 aromatic rings. The largest absolute Gasteiger partial charge is 0.470 e. The van der Waals surface area contributed by atoms with Gasteiger partial charge >= 0.3 is 7.82 Å². The number of aliphatic hydroxyl groups is 12. The van der Waals surface area contributed by atoms with Gasteiger partial charge in [0.1, 0.15) is 91.6 Å². The van der Waals surface area contributed by atoms with Crippen molar-refractivity contribution in [3.8, 4) is 0 Å². The minimum atomic E-state index is -5.25. The van der Waals surface area contributed by atoms with Gasteiger partial charge in [-0.2, -0.15) is 0 Å². The Bertz CT molecular complexity index is 1150. The average Bonchev–Trinajstić information content (AvgIpc) is 3.09. The summed E-state index contributed by atoms with van der Waals surface area (Å²) in [6.45, 7) is -1.16. The molecule has 306 valence electrons. The molecular formula is C27H49O24P. The van der Waals surface area contributed by atoms with E-state index in [0.717, 1.165) is 0 Å². The summed E-state index contributed by atoms with van der Waals surface area (Å²) in [5.41, 5.74) is 0. The summed E-state index contributed by atoms with van der Waals surface area (Å²) in [6.07, 6.45) is -36.9. The van der Waals surface area contributed by atoms with Crippen LogP contribution in [0.2, 0.25) is 0 Å². The fraction of sp³-hybridized carbons (Fsp3) is 1.00. The van der Waals surface area contributed by atoms with E-state index in [1.165, 1.54) is 13.8 Å². The monoisotopic (exact) mass is 788 g/mol. The van der Waals surface area contributed by atoms with E-state index in [2.05, 4.69) is 4.52 Å². The van der Waals surface area contributed by atoms with Crippen LogP contribution in [-0.2, 0) is 47.0 Å². The Morgan fingerprint density at radius 1 is 0.558 bits per heavy atom. The standard InChI is InChI=1S/C27H49O24P/c1-7-12(31)14(33)18(37)25(45-7)50-23-22(43-6-9(3-28)51-52(40,41)42)21(49-26-19(38)15(34)13(32)10(4-29)46-26)11(5-30)47-27(23)48-20-8(2)44-24(39)17(36)16(20)35/h7-39H,3-6H2,1-2H3,(H2,40,41,42)/t7-,8-,9?,10+,11+,12-,13+,14+,15-,16-,17+,18+,19+,20-,21-,22-,23+,24-,25-,26-,27-/m0/s1. The SMILES string of the molecule is C[C@@H]1O[C@@H](O[C@H]2[C@H](O[C@@H]3[C@@H](O)[C@@H](O)[C@@H](O)O[C@H]3C)O[C@H](CO)[C@H](O[C@@H]3O[C@H](CO)[C@@H](O)[C@H](O)[C@H]3O)[C@@H]2OCC(CO)OP(=O)(O)O)[C@H](O)[C@H](O)[C@H]1O. The number of phosphoric acid groups is 1. The number of rotatable bonds is 14. The molecule has 0 saturated carbocycles. The van der Waals surface area contributed by atoms with Crippen LogP contribution in [0, 0.1) is 0 Å². The molecule has 52 heavy (non-hydrogen) atoms. The second-order valence-electron chi connectivity index (χ2n) is 12.8. The number of hydrogen-bond donors (Lipinski definition) is 14. The second-order valence-corrected chi connectivity index (χ2v) is 14.0. The highest BCUT2D eigenvalue weighted by Gasteiger charge is 2.56. The van der Waals surface area contributed by atoms with Crippen molar-refractivity contribution in [2.45, 2.75) is 143 Å². The highest BCUT2D eigenvalue weighted by atomic mass is 31.2. The van der Waals surface area contributed by atoms with Gasteiger partial charge in [0.25, 0.3) is 0 Å². The maximum Gasteiger partial charge on any atom is 0.470 e. The van der Waals surface area contributed by atoms with Gasteiger partial charge in [-0.1, -0.05) is 0 Å². The first kappa shape index (κ1) is 44.0. The van der Waals surface area contributed by atoms with Gasteiger partial charge in [-0.25, -0.2) is 4.57 Å². The van der Waals surface area contributed by atoms with Gasteiger partial charge in [0.15, 0.2) is 25.2 Å². The summed E-state index contributed by atoms with van der Waals surface area (Å²) in [6, 6.07) is 0. The number of phosphoric ester groups is 1. The molecule has 0 aliphatic carbocycles. The molecule has 14 N–H and O–H groups in total. The predicted molar refractivity (Wildman–Crippen MR) is 159 cm³/mol. The van der Waals surface area contributed by atoms with E-state index < -0.39 is 163 Å². The molecule has 4 rings (SSSR count). The normalized spacial score (nSPS) is 48.4. The van der Waals surface area contributed by atoms with Crippen LogP contribution in [-0.4, -0.2) is 226 Å². The molecule has 4 aliphatic rings. The Hall–Kier alpha value is -0.690. The molecule has 21 atom stereocenters. The molecule has 4 heterocycles. The predicted octanol–water partition coefficient (Wildman–Crippen LogP) is -8.20. The molecule has 4 aliphatic heterocycles. The number of ether oxygens (including phenoxy) is 8. The molecule has 1 unspecified atom stereocenters. The van der Waals surface area contributed by atoms with Gasteiger partial charge in [0.2, 0.25) is 0 Å². The molecule has 0 radical (unpaired) electrons. The lowest BCUT2D eigenvalue weighted by atomic mass is 9.95. The molecule has 0 bridgehead atoms. The van der Waals surface area contributed by atoms with Gasteiger partial charge < -0.3 is 109 Å². The maximum atomic E-state index is 11.6. The highest BCUT2D eigenvalue weighted by molar-refractivity contribution is 7.46. The highest BCUT2D eigenvalue weighted by Crippen LogP contribution is 2.39. The van der Waals surface area contributed by atoms with E-state index in [1.807, 2.05) is 0 Å². The fourth-order valence-corrected chi connectivity index (χ4v) is 6.66.